The summed E-state index contributed by atoms with van der Waals surface area (Å²) in [6.07, 6.45) is 0. The van der Waals surface area contributed by atoms with Gasteiger partial charge in [-0.2, -0.15) is 0 Å². The van der Waals surface area contributed by atoms with Gasteiger partial charge in [-0.25, -0.2) is 4.98 Å². The van der Waals surface area contributed by atoms with Gasteiger partial charge in [-0.05, 0) is 18.2 Å². The molecule has 0 spiro atoms. The lowest BCUT2D eigenvalue weighted by Crippen LogP contribution is -1.85. The van der Waals surface area contributed by atoms with Gasteiger partial charge in [0.15, 0.2) is 16.6 Å². The summed E-state index contributed by atoms with van der Waals surface area (Å²) in [4.78, 5) is 4.12. The summed E-state index contributed by atoms with van der Waals surface area (Å²) in [5.41, 5.74) is 7.11. The number of nitrogen functional groups attached to an aromatic ring is 1. The first-order valence-corrected chi connectivity index (χ1v) is 5.17. The zero-order chi connectivity index (χ0) is 10.8. The summed E-state index contributed by atoms with van der Waals surface area (Å²) < 4.78 is 4.95. The number of thiazole rings is 1. The third kappa shape index (κ3) is 1.87. The van der Waals surface area contributed by atoms with E-state index in [4.69, 9.17) is 10.5 Å². The molecule has 2 rings (SSSR count). The summed E-state index contributed by atoms with van der Waals surface area (Å²) in [5, 5.41) is 11.9. The van der Waals surface area contributed by atoms with E-state index in [1.54, 1.807) is 12.1 Å². The van der Waals surface area contributed by atoms with Crippen LogP contribution in [0.4, 0.5) is 5.13 Å². The molecule has 0 amide bonds. The molecule has 78 valence electrons. The Hall–Kier alpha value is -1.75. The Morgan fingerprint density at radius 2 is 2.27 bits per heavy atom. The highest BCUT2D eigenvalue weighted by molar-refractivity contribution is 7.13. The molecule has 5 heteroatoms. The third-order valence-corrected chi connectivity index (χ3v) is 2.67. The molecule has 0 aliphatic rings. The highest BCUT2D eigenvalue weighted by Crippen LogP contribution is 2.31. The molecule has 0 atom stereocenters. The fourth-order valence-electron chi connectivity index (χ4n) is 1.27. The van der Waals surface area contributed by atoms with E-state index in [-0.39, 0.29) is 5.75 Å². The van der Waals surface area contributed by atoms with E-state index in [0.717, 1.165) is 11.3 Å². The Morgan fingerprint density at radius 3 is 2.80 bits per heavy atom. The molecule has 3 N–H and O–H groups in total. The molecule has 0 saturated carbocycles. The van der Waals surface area contributed by atoms with Crippen molar-refractivity contribution in [2.24, 2.45) is 0 Å². The summed E-state index contributed by atoms with van der Waals surface area (Å²) in [6.45, 7) is 0. The van der Waals surface area contributed by atoms with Gasteiger partial charge in [-0.1, -0.05) is 0 Å². The van der Waals surface area contributed by atoms with E-state index in [1.165, 1.54) is 18.4 Å². The molecule has 1 aromatic carbocycles. The molecule has 0 saturated heterocycles. The fourth-order valence-corrected chi connectivity index (χ4v) is 1.84. The molecule has 0 radical (unpaired) electrons. The number of benzene rings is 1. The first-order chi connectivity index (χ1) is 7.20. The number of phenols is 1. The van der Waals surface area contributed by atoms with E-state index < -0.39 is 0 Å². The first kappa shape index (κ1) is 9.79. The Kier molecular flexibility index (Phi) is 2.47. The summed E-state index contributed by atoms with van der Waals surface area (Å²) in [7, 11) is 1.51. The number of nitrogens with two attached hydrogens (primary N) is 1. The highest BCUT2D eigenvalue weighted by atomic mass is 32.1. The number of hydrogen-bond acceptors (Lipinski definition) is 5. The van der Waals surface area contributed by atoms with Gasteiger partial charge >= 0.3 is 0 Å². The van der Waals surface area contributed by atoms with Gasteiger partial charge in [0.2, 0.25) is 0 Å². The van der Waals surface area contributed by atoms with Crippen LogP contribution >= 0.6 is 11.3 Å². The minimum absolute atomic E-state index is 0.0987. The maximum absolute atomic E-state index is 9.58. The van der Waals surface area contributed by atoms with Crippen LogP contribution in [0.3, 0.4) is 0 Å². The lowest BCUT2D eigenvalue weighted by atomic mass is 10.1. The normalized spacial score (nSPS) is 10.2. The topological polar surface area (TPSA) is 68.4 Å². The Bertz CT molecular complexity index is 482. The molecule has 0 aliphatic carbocycles. The van der Waals surface area contributed by atoms with Gasteiger partial charge in [-0.3, -0.25) is 0 Å². The zero-order valence-corrected chi connectivity index (χ0v) is 8.91. The minimum Gasteiger partial charge on any atom is -0.504 e. The average Bonchev–Trinajstić information content (AvgIpc) is 2.65. The largest absolute Gasteiger partial charge is 0.504 e. The average molecular weight is 222 g/mol. The predicted molar refractivity (Wildman–Crippen MR) is 60.2 cm³/mol. The summed E-state index contributed by atoms with van der Waals surface area (Å²) in [6, 6.07) is 5.13. The number of anilines is 1. The van der Waals surface area contributed by atoms with E-state index in [9.17, 15) is 5.11 Å². The molecule has 0 bridgehead atoms. The van der Waals surface area contributed by atoms with Gasteiger partial charge in [0.05, 0.1) is 12.8 Å². The molecule has 0 unspecified atom stereocenters. The second-order valence-corrected chi connectivity index (χ2v) is 3.85. The van der Waals surface area contributed by atoms with Crippen molar-refractivity contribution < 1.29 is 9.84 Å². The Labute approximate surface area is 91.0 Å². The number of aromatic hydroxyl groups is 1. The molecule has 1 aromatic heterocycles. The van der Waals surface area contributed by atoms with Gasteiger partial charge < -0.3 is 15.6 Å². The van der Waals surface area contributed by atoms with Crippen LogP contribution in [0.25, 0.3) is 11.3 Å². The number of aromatic nitrogens is 1. The lowest BCUT2D eigenvalue weighted by molar-refractivity contribution is 0.373. The van der Waals surface area contributed by atoms with Crippen LogP contribution in [0, 0.1) is 0 Å². The highest BCUT2D eigenvalue weighted by Gasteiger charge is 2.06. The number of ether oxygens (including phenoxy) is 1. The fraction of sp³-hybridized carbons (Fsp3) is 0.100. The number of methoxy groups -OCH3 is 1. The van der Waals surface area contributed by atoms with Crippen molar-refractivity contribution in [2.45, 2.75) is 0 Å². The smallest absolute Gasteiger partial charge is 0.180 e. The molecule has 4 nitrogen and oxygen atoms in total. The number of hydrogen-bond donors (Lipinski definition) is 2. The molecule has 2 aromatic rings. The quantitative estimate of drug-likeness (QED) is 0.816. The van der Waals surface area contributed by atoms with E-state index in [0.29, 0.717) is 10.9 Å². The van der Waals surface area contributed by atoms with Crippen molar-refractivity contribution in [3.05, 3.63) is 23.6 Å². The van der Waals surface area contributed by atoms with Crippen molar-refractivity contribution in [1.82, 2.24) is 4.98 Å². The van der Waals surface area contributed by atoms with Crippen molar-refractivity contribution in [3.8, 4) is 22.8 Å². The van der Waals surface area contributed by atoms with Gasteiger partial charge in [0.1, 0.15) is 0 Å². The van der Waals surface area contributed by atoms with Crippen molar-refractivity contribution >= 4 is 16.5 Å². The van der Waals surface area contributed by atoms with Crippen LogP contribution in [0.1, 0.15) is 0 Å². The second-order valence-electron chi connectivity index (χ2n) is 2.96. The van der Waals surface area contributed by atoms with Gasteiger partial charge in [-0.15, -0.1) is 11.3 Å². The monoisotopic (exact) mass is 222 g/mol. The molecule has 1 heterocycles. The van der Waals surface area contributed by atoms with Crippen LogP contribution in [-0.2, 0) is 0 Å². The molecule has 0 aliphatic heterocycles. The zero-order valence-electron chi connectivity index (χ0n) is 8.10. The van der Waals surface area contributed by atoms with E-state index in [2.05, 4.69) is 4.98 Å². The number of nitrogens with zero attached hydrogens (tertiary/aromatic N) is 1. The Balaban J connectivity index is 2.42. The van der Waals surface area contributed by atoms with Crippen LogP contribution in [0.15, 0.2) is 23.6 Å². The molecule has 0 fully saturated rings. The van der Waals surface area contributed by atoms with Crippen molar-refractivity contribution in [3.63, 3.8) is 0 Å². The van der Waals surface area contributed by atoms with Crippen LogP contribution in [-0.4, -0.2) is 17.2 Å². The summed E-state index contributed by atoms with van der Waals surface area (Å²) >= 11 is 1.37. The number of phenolic OH excluding ortho intramolecular Hbond substituents is 1. The van der Waals surface area contributed by atoms with Crippen LogP contribution < -0.4 is 10.5 Å². The standard InChI is InChI=1S/C10H10N2O2S/c1-14-9-3-2-6(4-8(9)13)7-5-15-10(11)12-7/h2-5,13H,1H3,(H2,11,12). The first-order valence-electron chi connectivity index (χ1n) is 4.29. The van der Waals surface area contributed by atoms with Crippen molar-refractivity contribution in [2.75, 3.05) is 12.8 Å². The second kappa shape index (κ2) is 3.78. The molecular weight excluding hydrogens is 212 g/mol. The van der Waals surface area contributed by atoms with Crippen LogP contribution in [0.2, 0.25) is 0 Å². The van der Waals surface area contributed by atoms with E-state index >= 15 is 0 Å². The van der Waals surface area contributed by atoms with Gasteiger partial charge in [0, 0.05) is 10.9 Å². The van der Waals surface area contributed by atoms with Gasteiger partial charge in [0.25, 0.3) is 0 Å². The molecular formula is C10H10N2O2S. The summed E-state index contributed by atoms with van der Waals surface area (Å²) in [5.74, 6) is 0.545. The SMILES string of the molecule is COc1ccc(-c2csc(N)n2)cc1O. The van der Waals surface area contributed by atoms with E-state index in [1.807, 2.05) is 11.4 Å². The number of rotatable bonds is 2. The minimum atomic E-state index is 0.0987. The maximum Gasteiger partial charge on any atom is 0.180 e. The maximum atomic E-state index is 9.58. The van der Waals surface area contributed by atoms with Crippen LogP contribution in [0.5, 0.6) is 11.5 Å². The predicted octanol–water partition coefficient (Wildman–Crippen LogP) is 2.11. The molecule has 15 heavy (non-hydrogen) atoms. The lowest BCUT2D eigenvalue weighted by Gasteiger charge is -2.04. The van der Waals surface area contributed by atoms with Crippen molar-refractivity contribution in [1.29, 1.82) is 0 Å². The Morgan fingerprint density at radius 1 is 1.47 bits per heavy atom. The third-order valence-electron chi connectivity index (χ3n) is 2.00.